The molecule has 0 radical (unpaired) electrons. The van der Waals surface area contributed by atoms with Crippen LogP contribution in [0.2, 0.25) is 0 Å². The maximum absolute atomic E-state index is 11.7. The third kappa shape index (κ3) is 2.75. The molecule has 0 bridgehead atoms. The number of amides is 1. The predicted molar refractivity (Wildman–Crippen MR) is 64.0 cm³/mol. The molecule has 0 aliphatic heterocycles. The zero-order chi connectivity index (χ0) is 12.3. The number of rotatable bonds is 5. The van der Waals surface area contributed by atoms with E-state index in [4.69, 9.17) is 5.73 Å². The molecule has 0 saturated heterocycles. The molecule has 17 heavy (non-hydrogen) atoms. The Bertz CT molecular complexity index is 391. The number of hydrogen-bond acceptors (Lipinski definition) is 4. The predicted octanol–water partition coefficient (Wildman–Crippen LogP) is 0.557. The summed E-state index contributed by atoms with van der Waals surface area (Å²) in [6.45, 7) is 3.14. The van der Waals surface area contributed by atoms with Gasteiger partial charge in [0.1, 0.15) is 12.9 Å². The summed E-state index contributed by atoms with van der Waals surface area (Å²) in [4.78, 5) is 15.5. The average molecular weight is 237 g/mol. The Balaban J connectivity index is 1.78. The SMILES string of the molecule is CCC1(CNC(=O)Cn2cnc(N)n2)CCC1. The summed E-state index contributed by atoms with van der Waals surface area (Å²) >= 11 is 0. The molecule has 1 heterocycles. The number of nitrogens with zero attached hydrogens (tertiary/aromatic N) is 3. The van der Waals surface area contributed by atoms with Gasteiger partial charge in [0, 0.05) is 6.54 Å². The van der Waals surface area contributed by atoms with Gasteiger partial charge in [-0.2, -0.15) is 0 Å². The molecule has 0 unspecified atom stereocenters. The summed E-state index contributed by atoms with van der Waals surface area (Å²) in [7, 11) is 0. The van der Waals surface area contributed by atoms with Gasteiger partial charge in [0.25, 0.3) is 0 Å². The van der Waals surface area contributed by atoms with Gasteiger partial charge in [0.15, 0.2) is 0 Å². The van der Waals surface area contributed by atoms with Crippen LogP contribution < -0.4 is 11.1 Å². The molecule has 1 saturated carbocycles. The number of nitrogens with one attached hydrogen (secondary N) is 1. The van der Waals surface area contributed by atoms with Crippen LogP contribution in [0.1, 0.15) is 32.6 Å². The molecule has 0 atom stereocenters. The van der Waals surface area contributed by atoms with E-state index in [0.29, 0.717) is 5.41 Å². The summed E-state index contributed by atoms with van der Waals surface area (Å²) in [5, 5.41) is 6.84. The van der Waals surface area contributed by atoms with Gasteiger partial charge in [-0.15, -0.1) is 5.10 Å². The zero-order valence-corrected chi connectivity index (χ0v) is 10.1. The van der Waals surface area contributed by atoms with Crippen LogP contribution in [0.3, 0.4) is 0 Å². The Morgan fingerprint density at radius 3 is 2.88 bits per heavy atom. The zero-order valence-electron chi connectivity index (χ0n) is 10.1. The lowest BCUT2D eigenvalue weighted by atomic mass is 9.67. The number of nitrogen functional groups attached to an aromatic ring is 1. The van der Waals surface area contributed by atoms with Crippen molar-refractivity contribution in [3.8, 4) is 0 Å². The standard InChI is InChI=1S/C11H19N5O/c1-2-11(4-3-5-11)7-13-9(17)6-16-8-14-10(12)15-16/h8H,2-7H2,1H3,(H2,12,15)(H,13,17). The summed E-state index contributed by atoms with van der Waals surface area (Å²) in [5.74, 6) is 0.163. The maximum Gasteiger partial charge on any atom is 0.241 e. The van der Waals surface area contributed by atoms with Gasteiger partial charge < -0.3 is 11.1 Å². The van der Waals surface area contributed by atoms with Gasteiger partial charge >= 0.3 is 0 Å². The van der Waals surface area contributed by atoms with Crippen LogP contribution in [0.25, 0.3) is 0 Å². The fourth-order valence-corrected chi connectivity index (χ4v) is 2.21. The second kappa shape index (κ2) is 4.73. The first-order valence-electron chi connectivity index (χ1n) is 6.05. The smallest absolute Gasteiger partial charge is 0.241 e. The molecule has 0 aromatic carbocycles. The summed E-state index contributed by atoms with van der Waals surface area (Å²) in [5.41, 5.74) is 5.72. The summed E-state index contributed by atoms with van der Waals surface area (Å²) in [6, 6.07) is 0. The molecule has 6 heteroatoms. The topological polar surface area (TPSA) is 85.8 Å². The van der Waals surface area contributed by atoms with Crippen LogP contribution in [0, 0.1) is 5.41 Å². The molecule has 1 aliphatic carbocycles. The minimum absolute atomic E-state index is 0.0328. The van der Waals surface area contributed by atoms with E-state index in [1.165, 1.54) is 30.3 Å². The van der Waals surface area contributed by atoms with Crippen molar-refractivity contribution in [2.24, 2.45) is 5.41 Å². The first kappa shape index (κ1) is 11.9. The van der Waals surface area contributed by atoms with Gasteiger partial charge in [-0.25, -0.2) is 9.67 Å². The maximum atomic E-state index is 11.7. The average Bonchev–Trinajstić information content (AvgIpc) is 2.63. The van der Waals surface area contributed by atoms with E-state index in [9.17, 15) is 4.79 Å². The van der Waals surface area contributed by atoms with Crippen molar-refractivity contribution in [3.63, 3.8) is 0 Å². The van der Waals surface area contributed by atoms with Crippen molar-refractivity contribution in [1.29, 1.82) is 0 Å². The van der Waals surface area contributed by atoms with Gasteiger partial charge in [0.2, 0.25) is 11.9 Å². The summed E-state index contributed by atoms with van der Waals surface area (Å²) in [6.07, 6.45) is 6.32. The van der Waals surface area contributed by atoms with Crippen molar-refractivity contribution in [2.75, 3.05) is 12.3 Å². The highest BCUT2D eigenvalue weighted by atomic mass is 16.2. The lowest BCUT2D eigenvalue weighted by Gasteiger charge is -2.41. The number of carbonyl (C=O) groups excluding carboxylic acids is 1. The number of anilines is 1. The molecule has 6 nitrogen and oxygen atoms in total. The van der Waals surface area contributed by atoms with Crippen LogP contribution >= 0.6 is 0 Å². The molecular weight excluding hydrogens is 218 g/mol. The van der Waals surface area contributed by atoms with E-state index in [2.05, 4.69) is 22.3 Å². The van der Waals surface area contributed by atoms with Crippen molar-refractivity contribution in [3.05, 3.63) is 6.33 Å². The van der Waals surface area contributed by atoms with Crippen LogP contribution in [0.5, 0.6) is 0 Å². The van der Waals surface area contributed by atoms with Gasteiger partial charge in [-0.1, -0.05) is 13.3 Å². The summed E-state index contributed by atoms with van der Waals surface area (Å²) < 4.78 is 1.45. The monoisotopic (exact) mass is 237 g/mol. The van der Waals surface area contributed by atoms with E-state index >= 15 is 0 Å². The van der Waals surface area contributed by atoms with Gasteiger partial charge in [-0.05, 0) is 24.7 Å². The van der Waals surface area contributed by atoms with Crippen LogP contribution in [-0.2, 0) is 11.3 Å². The number of nitrogens with two attached hydrogens (primary N) is 1. The normalized spacial score (nSPS) is 17.5. The van der Waals surface area contributed by atoms with E-state index in [0.717, 1.165) is 13.0 Å². The lowest BCUT2D eigenvalue weighted by Crippen LogP contribution is -2.42. The van der Waals surface area contributed by atoms with E-state index in [1.807, 2.05) is 0 Å². The minimum atomic E-state index is -0.0328. The number of hydrogen-bond donors (Lipinski definition) is 2. The van der Waals surface area contributed by atoms with Gasteiger partial charge in [-0.3, -0.25) is 4.79 Å². The largest absolute Gasteiger partial charge is 0.367 e. The third-order valence-corrected chi connectivity index (χ3v) is 3.68. The molecule has 1 aliphatic rings. The minimum Gasteiger partial charge on any atom is -0.367 e. The van der Waals surface area contributed by atoms with Crippen molar-refractivity contribution < 1.29 is 4.79 Å². The fourth-order valence-electron chi connectivity index (χ4n) is 2.21. The molecule has 1 aromatic rings. The third-order valence-electron chi connectivity index (χ3n) is 3.68. The highest BCUT2D eigenvalue weighted by molar-refractivity contribution is 5.75. The van der Waals surface area contributed by atoms with Crippen molar-refractivity contribution >= 4 is 11.9 Å². The molecule has 0 spiro atoms. The molecule has 3 N–H and O–H groups in total. The molecule has 1 amide bonds. The first-order valence-corrected chi connectivity index (χ1v) is 6.05. The second-order valence-corrected chi connectivity index (χ2v) is 4.78. The second-order valence-electron chi connectivity index (χ2n) is 4.78. The van der Waals surface area contributed by atoms with Crippen LogP contribution in [-0.4, -0.2) is 27.2 Å². The quantitative estimate of drug-likeness (QED) is 0.783. The van der Waals surface area contributed by atoms with Crippen LogP contribution in [0.15, 0.2) is 6.33 Å². The first-order chi connectivity index (χ1) is 8.13. The molecule has 2 rings (SSSR count). The number of carbonyl (C=O) groups is 1. The number of aromatic nitrogens is 3. The highest BCUT2D eigenvalue weighted by Gasteiger charge is 2.35. The fraction of sp³-hybridized carbons (Fsp3) is 0.727. The van der Waals surface area contributed by atoms with E-state index in [1.54, 1.807) is 0 Å². The van der Waals surface area contributed by atoms with Gasteiger partial charge in [0.05, 0.1) is 0 Å². The van der Waals surface area contributed by atoms with Crippen molar-refractivity contribution in [2.45, 2.75) is 39.2 Å². The molecule has 1 aromatic heterocycles. The molecular formula is C11H19N5O. The van der Waals surface area contributed by atoms with Crippen LogP contribution in [0.4, 0.5) is 5.95 Å². The van der Waals surface area contributed by atoms with E-state index < -0.39 is 0 Å². The Hall–Kier alpha value is -1.59. The molecule has 1 fully saturated rings. The Labute approximate surface area is 101 Å². The van der Waals surface area contributed by atoms with Crippen molar-refractivity contribution in [1.82, 2.24) is 20.1 Å². The highest BCUT2D eigenvalue weighted by Crippen LogP contribution is 2.42. The Morgan fingerprint density at radius 2 is 2.41 bits per heavy atom. The lowest BCUT2D eigenvalue weighted by molar-refractivity contribution is -0.122. The Morgan fingerprint density at radius 1 is 1.65 bits per heavy atom. The Kier molecular flexibility index (Phi) is 3.31. The van der Waals surface area contributed by atoms with E-state index in [-0.39, 0.29) is 18.4 Å². The molecule has 94 valence electrons.